The van der Waals surface area contributed by atoms with Crippen molar-refractivity contribution < 1.29 is 9.84 Å². The third-order valence-corrected chi connectivity index (χ3v) is 4.21. The van der Waals surface area contributed by atoms with Crippen LogP contribution in [0.1, 0.15) is 22.8 Å². The van der Waals surface area contributed by atoms with Gasteiger partial charge in [-0.2, -0.15) is 0 Å². The Morgan fingerprint density at radius 3 is 2.90 bits per heavy atom. The third kappa shape index (κ3) is 2.95. The van der Waals surface area contributed by atoms with Gasteiger partial charge in [0.2, 0.25) is 0 Å². The molecule has 0 aromatic heterocycles. The summed E-state index contributed by atoms with van der Waals surface area (Å²) < 4.78 is 6.84. The lowest BCUT2D eigenvalue weighted by molar-refractivity contribution is -0.0460. The lowest BCUT2D eigenvalue weighted by atomic mass is 9.92. The van der Waals surface area contributed by atoms with Crippen molar-refractivity contribution in [1.82, 2.24) is 0 Å². The molecule has 0 spiro atoms. The Bertz CT molecular complexity index is 597. The first-order chi connectivity index (χ1) is 9.74. The molecule has 0 fully saturated rings. The van der Waals surface area contributed by atoms with Crippen LogP contribution in [-0.4, -0.2) is 17.8 Å². The zero-order chi connectivity index (χ0) is 13.9. The van der Waals surface area contributed by atoms with Crippen LogP contribution in [0.25, 0.3) is 0 Å². The van der Waals surface area contributed by atoms with Crippen LogP contribution in [-0.2, 0) is 17.6 Å². The second-order valence-electron chi connectivity index (χ2n) is 5.14. The van der Waals surface area contributed by atoms with Crippen LogP contribution in [0.15, 0.2) is 53.0 Å². The van der Waals surface area contributed by atoms with Crippen molar-refractivity contribution in [3.05, 3.63) is 69.7 Å². The largest absolute Gasteiger partial charge is 0.390 e. The highest BCUT2D eigenvalue weighted by atomic mass is 79.9. The van der Waals surface area contributed by atoms with E-state index in [1.807, 2.05) is 36.4 Å². The first-order valence-electron chi connectivity index (χ1n) is 6.86. The summed E-state index contributed by atoms with van der Waals surface area (Å²) >= 11 is 3.46. The molecule has 1 aliphatic heterocycles. The molecule has 2 aromatic carbocycles. The van der Waals surface area contributed by atoms with Gasteiger partial charge in [-0.05, 0) is 35.2 Å². The average Bonchev–Trinajstić information content (AvgIpc) is 2.46. The number of rotatable bonds is 3. The van der Waals surface area contributed by atoms with E-state index in [9.17, 15) is 5.11 Å². The zero-order valence-electron chi connectivity index (χ0n) is 11.1. The summed E-state index contributed by atoms with van der Waals surface area (Å²) in [5, 5.41) is 10.5. The number of fused-ring (bicyclic) bond motifs is 1. The summed E-state index contributed by atoms with van der Waals surface area (Å²) in [6.45, 7) is 0.678. The topological polar surface area (TPSA) is 29.5 Å². The number of halogens is 1. The molecule has 3 rings (SSSR count). The summed E-state index contributed by atoms with van der Waals surface area (Å²) in [4.78, 5) is 0. The van der Waals surface area contributed by atoms with Crippen LogP contribution in [0.4, 0.5) is 0 Å². The minimum Gasteiger partial charge on any atom is -0.390 e. The molecule has 0 aliphatic carbocycles. The molecule has 0 saturated heterocycles. The van der Waals surface area contributed by atoms with Crippen LogP contribution in [0.3, 0.4) is 0 Å². The fourth-order valence-corrected chi connectivity index (χ4v) is 3.20. The van der Waals surface area contributed by atoms with E-state index in [2.05, 4.69) is 28.1 Å². The Morgan fingerprint density at radius 2 is 2.05 bits per heavy atom. The minimum atomic E-state index is -0.522. The molecule has 0 saturated carbocycles. The maximum atomic E-state index is 10.5. The second-order valence-corrected chi connectivity index (χ2v) is 6.06. The molecule has 2 atom stereocenters. The number of ether oxygens (including phenoxy) is 1. The van der Waals surface area contributed by atoms with Gasteiger partial charge in [-0.1, -0.05) is 52.3 Å². The van der Waals surface area contributed by atoms with E-state index in [0.29, 0.717) is 13.0 Å². The fourth-order valence-electron chi connectivity index (χ4n) is 2.76. The lowest BCUT2D eigenvalue weighted by Crippen LogP contribution is -2.28. The zero-order valence-corrected chi connectivity index (χ0v) is 12.7. The standard InChI is InChI=1S/C17H17BrO2/c18-14-6-3-4-12(10-14)11-16(19)17-15-7-2-1-5-13(15)8-9-20-17/h1-7,10,16-17,19H,8-9,11H2. The van der Waals surface area contributed by atoms with E-state index in [1.165, 1.54) is 5.56 Å². The lowest BCUT2D eigenvalue weighted by Gasteiger charge is -2.29. The first kappa shape index (κ1) is 13.8. The van der Waals surface area contributed by atoms with Crippen molar-refractivity contribution in [2.75, 3.05) is 6.61 Å². The van der Waals surface area contributed by atoms with Crippen molar-refractivity contribution in [1.29, 1.82) is 0 Å². The maximum Gasteiger partial charge on any atom is 0.109 e. The van der Waals surface area contributed by atoms with E-state index < -0.39 is 6.10 Å². The molecule has 0 radical (unpaired) electrons. The van der Waals surface area contributed by atoms with E-state index >= 15 is 0 Å². The highest BCUT2D eigenvalue weighted by Crippen LogP contribution is 2.31. The SMILES string of the molecule is OC(Cc1cccc(Br)c1)C1OCCc2ccccc21. The van der Waals surface area contributed by atoms with Crippen molar-refractivity contribution in [2.24, 2.45) is 0 Å². The summed E-state index contributed by atoms with van der Waals surface area (Å²) in [5.41, 5.74) is 3.52. The van der Waals surface area contributed by atoms with Crippen molar-refractivity contribution in [3.63, 3.8) is 0 Å². The molecular weight excluding hydrogens is 316 g/mol. The quantitative estimate of drug-likeness (QED) is 0.929. The maximum absolute atomic E-state index is 10.5. The van der Waals surface area contributed by atoms with Crippen LogP contribution in [0.5, 0.6) is 0 Å². The fraction of sp³-hybridized carbons (Fsp3) is 0.294. The summed E-state index contributed by atoms with van der Waals surface area (Å²) in [5.74, 6) is 0. The highest BCUT2D eigenvalue weighted by Gasteiger charge is 2.27. The number of aliphatic hydroxyl groups is 1. The van der Waals surface area contributed by atoms with Gasteiger partial charge >= 0.3 is 0 Å². The van der Waals surface area contributed by atoms with Gasteiger partial charge in [-0.15, -0.1) is 0 Å². The summed E-state index contributed by atoms with van der Waals surface area (Å²) in [7, 11) is 0. The molecule has 2 nitrogen and oxygen atoms in total. The number of hydrogen-bond acceptors (Lipinski definition) is 2. The Labute approximate surface area is 127 Å². The third-order valence-electron chi connectivity index (χ3n) is 3.71. The molecule has 20 heavy (non-hydrogen) atoms. The Kier molecular flexibility index (Phi) is 4.20. The summed E-state index contributed by atoms with van der Waals surface area (Å²) in [6, 6.07) is 16.3. The normalized spacial score (nSPS) is 19.4. The van der Waals surface area contributed by atoms with Crippen molar-refractivity contribution in [3.8, 4) is 0 Å². The van der Waals surface area contributed by atoms with E-state index in [4.69, 9.17) is 4.74 Å². The van der Waals surface area contributed by atoms with Gasteiger partial charge in [0.25, 0.3) is 0 Å². The van der Waals surface area contributed by atoms with Gasteiger partial charge in [0.05, 0.1) is 12.7 Å². The molecule has 2 aromatic rings. The number of benzene rings is 2. The Hall–Kier alpha value is -1.16. The van der Waals surface area contributed by atoms with Crippen molar-refractivity contribution in [2.45, 2.75) is 25.0 Å². The molecule has 1 heterocycles. The molecule has 3 heteroatoms. The predicted octanol–water partition coefficient (Wildman–Crippen LogP) is 3.67. The van der Waals surface area contributed by atoms with Gasteiger partial charge in [0, 0.05) is 10.9 Å². The van der Waals surface area contributed by atoms with Gasteiger partial charge in [-0.25, -0.2) is 0 Å². The highest BCUT2D eigenvalue weighted by molar-refractivity contribution is 9.10. The van der Waals surface area contributed by atoms with Gasteiger partial charge < -0.3 is 9.84 Å². The smallest absolute Gasteiger partial charge is 0.109 e. The number of hydrogen-bond donors (Lipinski definition) is 1. The Balaban J connectivity index is 1.80. The molecule has 2 unspecified atom stereocenters. The van der Waals surface area contributed by atoms with Crippen LogP contribution in [0.2, 0.25) is 0 Å². The molecule has 0 amide bonds. The molecule has 0 bridgehead atoms. The van der Waals surface area contributed by atoms with Gasteiger partial charge in [-0.3, -0.25) is 0 Å². The van der Waals surface area contributed by atoms with Crippen molar-refractivity contribution >= 4 is 15.9 Å². The van der Waals surface area contributed by atoms with Gasteiger partial charge in [0.15, 0.2) is 0 Å². The molecular formula is C17H17BrO2. The predicted molar refractivity (Wildman–Crippen MR) is 82.7 cm³/mol. The van der Waals surface area contributed by atoms with E-state index in [1.54, 1.807) is 0 Å². The average molecular weight is 333 g/mol. The molecule has 104 valence electrons. The molecule has 1 N–H and O–H groups in total. The van der Waals surface area contributed by atoms with E-state index in [0.717, 1.165) is 22.0 Å². The van der Waals surface area contributed by atoms with Gasteiger partial charge in [0.1, 0.15) is 6.10 Å². The van der Waals surface area contributed by atoms with E-state index in [-0.39, 0.29) is 6.10 Å². The monoisotopic (exact) mass is 332 g/mol. The molecule has 1 aliphatic rings. The van der Waals surface area contributed by atoms with Crippen LogP contribution >= 0.6 is 15.9 Å². The van der Waals surface area contributed by atoms with Crippen LogP contribution in [0, 0.1) is 0 Å². The Morgan fingerprint density at radius 1 is 1.20 bits per heavy atom. The second kappa shape index (κ2) is 6.08. The van der Waals surface area contributed by atoms with Crippen LogP contribution < -0.4 is 0 Å². The first-order valence-corrected chi connectivity index (χ1v) is 7.65. The minimum absolute atomic E-state index is 0.223. The summed E-state index contributed by atoms with van der Waals surface area (Å²) in [6.07, 6.45) is 0.777. The number of aliphatic hydroxyl groups excluding tert-OH is 1.